The van der Waals surface area contributed by atoms with E-state index in [4.69, 9.17) is 27.1 Å². The van der Waals surface area contributed by atoms with Gasteiger partial charge < -0.3 is 10.5 Å². The molecule has 10 nitrogen and oxygen atoms in total. The minimum atomic E-state index is -3.92. The summed E-state index contributed by atoms with van der Waals surface area (Å²) >= 11 is 6.82. The number of benzene rings is 4. The third-order valence-corrected chi connectivity index (χ3v) is 10.1. The predicted octanol–water partition coefficient (Wildman–Crippen LogP) is 6.72. The maximum Gasteiger partial charge on any atom is 0.266 e. The molecule has 0 spiro atoms. The molecule has 2 aromatic heterocycles. The molecule has 6 aromatic rings. The van der Waals surface area contributed by atoms with E-state index in [2.05, 4.69) is 5.10 Å². The highest BCUT2D eigenvalue weighted by Crippen LogP contribution is 2.38. The smallest absolute Gasteiger partial charge is 0.266 e. The molecule has 0 aliphatic carbocycles. The molecule has 0 saturated carbocycles. The number of ether oxygens (including phenoxy) is 1. The molecule has 0 radical (unpaired) electrons. The highest BCUT2D eigenvalue weighted by Gasteiger charge is 2.29. The van der Waals surface area contributed by atoms with Crippen LogP contribution in [0.1, 0.15) is 49.3 Å². The number of rotatable bonds is 9. The Bertz CT molecular complexity index is 2460. The third-order valence-electron chi connectivity index (χ3n) is 8.73. The Hall–Kier alpha value is -4.85. The summed E-state index contributed by atoms with van der Waals surface area (Å²) in [4.78, 5) is 19.5. The Kier molecular flexibility index (Phi) is 9.42. The second-order valence-electron chi connectivity index (χ2n) is 13.5. The molecule has 6 rings (SSSR count). The Morgan fingerprint density at radius 2 is 1.65 bits per heavy atom. The number of halogens is 3. The highest BCUT2D eigenvalue weighted by molar-refractivity contribution is 7.92. The van der Waals surface area contributed by atoms with E-state index in [9.17, 15) is 22.0 Å². The standard InChI is InChI=1S/C37H37ClF2N6O4S/c1-37(2,3)23-9-12-27-30(18-23)42-34(29(41)17-22-15-24(39)19-25(40)16-22)46(36(27)47)31-14-13-28(38)32-33(31)44(4)43-35(32)45(51(6,48)49)20-21-7-10-26(50-5)11-8-21/h7-16,18-19,29H,17,20,41H2,1-6H3/t29-/m0/s1. The zero-order valence-electron chi connectivity index (χ0n) is 28.9. The van der Waals surface area contributed by atoms with Crippen LogP contribution in [0.3, 0.4) is 0 Å². The Morgan fingerprint density at radius 1 is 0.980 bits per heavy atom. The van der Waals surface area contributed by atoms with Gasteiger partial charge in [-0.25, -0.2) is 26.5 Å². The predicted molar refractivity (Wildman–Crippen MR) is 196 cm³/mol. The zero-order chi connectivity index (χ0) is 37.0. The molecule has 266 valence electrons. The number of anilines is 1. The summed E-state index contributed by atoms with van der Waals surface area (Å²) in [7, 11) is -0.762. The highest BCUT2D eigenvalue weighted by atomic mass is 35.5. The fourth-order valence-corrected chi connectivity index (χ4v) is 7.23. The second kappa shape index (κ2) is 13.4. The third kappa shape index (κ3) is 7.06. The number of aryl methyl sites for hydroxylation is 1. The van der Waals surface area contributed by atoms with Crippen molar-refractivity contribution >= 4 is 49.2 Å². The van der Waals surface area contributed by atoms with Crippen molar-refractivity contribution in [3.8, 4) is 11.4 Å². The van der Waals surface area contributed by atoms with Gasteiger partial charge in [-0.15, -0.1) is 0 Å². The maximum atomic E-state index is 14.6. The van der Waals surface area contributed by atoms with E-state index in [1.165, 1.54) is 28.5 Å². The molecule has 0 bridgehead atoms. The quantitative estimate of drug-likeness (QED) is 0.175. The number of aromatic nitrogens is 4. The van der Waals surface area contributed by atoms with Gasteiger partial charge in [0.15, 0.2) is 5.82 Å². The van der Waals surface area contributed by atoms with Gasteiger partial charge in [0.05, 0.1) is 58.5 Å². The summed E-state index contributed by atoms with van der Waals surface area (Å²) in [6, 6.07) is 17.6. The van der Waals surface area contributed by atoms with Gasteiger partial charge in [0.2, 0.25) is 10.0 Å². The Morgan fingerprint density at radius 3 is 2.25 bits per heavy atom. The van der Waals surface area contributed by atoms with E-state index in [0.717, 1.165) is 22.2 Å². The molecule has 14 heteroatoms. The van der Waals surface area contributed by atoms with E-state index in [1.807, 2.05) is 32.9 Å². The summed E-state index contributed by atoms with van der Waals surface area (Å²) in [5.74, 6) is -0.741. The van der Waals surface area contributed by atoms with Crippen LogP contribution in [0.15, 0.2) is 77.6 Å². The van der Waals surface area contributed by atoms with Crippen molar-refractivity contribution in [2.45, 2.75) is 45.2 Å². The topological polar surface area (TPSA) is 125 Å². The number of nitrogens with two attached hydrogens (primary N) is 1. The van der Waals surface area contributed by atoms with Gasteiger partial charge in [-0.3, -0.25) is 14.0 Å². The van der Waals surface area contributed by atoms with Crippen LogP contribution in [-0.4, -0.2) is 41.1 Å². The van der Waals surface area contributed by atoms with E-state index in [1.54, 1.807) is 49.5 Å². The molecule has 0 unspecified atom stereocenters. The SMILES string of the molecule is COc1ccc(CN(c2nn(C)c3c(-n4c([C@@H](N)Cc5cc(F)cc(F)c5)nc5cc(C(C)(C)C)ccc5c4=O)ccc(Cl)c23)S(C)(=O)=O)cc1. The average molecular weight is 735 g/mol. The van der Waals surface area contributed by atoms with Crippen molar-refractivity contribution < 1.29 is 21.9 Å². The minimum Gasteiger partial charge on any atom is -0.497 e. The van der Waals surface area contributed by atoms with Crippen molar-refractivity contribution in [3.63, 3.8) is 0 Å². The molecule has 0 fully saturated rings. The lowest BCUT2D eigenvalue weighted by molar-refractivity contribution is 0.414. The van der Waals surface area contributed by atoms with Crippen LogP contribution in [0.25, 0.3) is 27.5 Å². The van der Waals surface area contributed by atoms with Crippen molar-refractivity contribution in [3.05, 3.63) is 122 Å². The van der Waals surface area contributed by atoms with Crippen LogP contribution >= 0.6 is 11.6 Å². The summed E-state index contributed by atoms with van der Waals surface area (Å²) in [5, 5.41) is 5.40. The second-order valence-corrected chi connectivity index (χ2v) is 15.8. The number of fused-ring (bicyclic) bond motifs is 2. The van der Waals surface area contributed by atoms with Crippen molar-refractivity contribution in [2.75, 3.05) is 17.7 Å². The maximum absolute atomic E-state index is 14.6. The van der Waals surface area contributed by atoms with Crippen molar-refractivity contribution in [1.82, 2.24) is 19.3 Å². The lowest BCUT2D eigenvalue weighted by Crippen LogP contribution is -2.30. The molecule has 0 aliphatic heterocycles. The molecular weight excluding hydrogens is 698 g/mol. The number of hydrogen-bond donors (Lipinski definition) is 1. The summed E-state index contributed by atoms with van der Waals surface area (Å²) in [6.07, 6.45) is 1.02. The summed E-state index contributed by atoms with van der Waals surface area (Å²) < 4.78 is 64.2. The summed E-state index contributed by atoms with van der Waals surface area (Å²) in [5.41, 5.74) is 8.95. The molecule has 0 amide bonds. The number of hydrogen-bond acceptors (Lipinski definition) is 7. The zero-order valence-corrected chi connectivity index (χ0v) is 30.5. The van der Waals surface area contributed by atoms with Gasteiger partial charge in [0, 0.05) is 13.1 Å². The Balaban J connectivity index is 1.60. The van der Waals surface area contributed by atoms with Crippen molar-refractivity contribution in [2.24, 2.45) is 12.8 Å². The van der Waals surface area contributed by atoms with Crippen LogP contribution in [0, 0.1) is 11.6 Å². The van der Waals surface area contributed by atoms with Crippen LogP contribution < -0.4 is 20.3 Å². The lowest BCUT2D eigenvalue weighted by Gasteiger charge is -2.22. The molecular formula is C37H37ClF2N6O4S. The molecule has 1 atom stereocenters. The molecule has 51 heavy (non-hydrogen) atoms. The van der Waals surface area contributed by atoms with Gasteiger partial charge >= 0.3 is 0 Å². The molecule has 4 aromatic carbocycles. The first-order valence-electron chi connectivity index (χ1n) is 16.0. The van der Waals surface area contributed by atoms with Crippen LogP contribution in [0.5, 0.6) is 5.75 Å². The Labute approximate surface area is 299 Å². The first-order chi connectivity index (χ1) is 24.0. The molecule has 2 heterocycles. The van der Waals surface area contributed by atoms with Gasteiger partial charge in [-0.2, -0.15) is 5.10 Å². The van der Waals surface area contributed by atoms with Crippen LogP contribution in [0.4, 0.5) is 14.6 Å². The lowest BCUT2D eigenvalue weighted by atomic mass is 9.86. The van der Waals surface area contributed by atoms with Gasteiger partial charge in [0.25, 0.3) is 5.56 Å². The van der Waals surface area contributed by atoms with Gasteiger partial charge in [0.1, 0.15) is 23.2 Å². The number of methoxy groups -OCH3 is 1. The van der Waals surface area contributed by atoms with E-state index in [0.29, 0.717) is 27.7 Å². The molecule has 0 saturated heterocycles. The molecule has 0 aliphatic rings. The van der Waals surface area contributed by atoms with Crippen molar-refractivity contribution in [1.29, 1.82) is 0 Å². The van der Waals surface area contributed by atoms with Gasteiger partial charge in [-0.1, -0.05) is 50.6 Å². The fraction of sp³-hybridized carbons (Fsp3) is 0.270. The minimum absolute atomic E-state index is 0.0513. The number of sulfonamides is 1. The first kappa shape index (κ1) is 36.0. The normalized spacial score (nSPS) is 12.8. The van der Waals surface area contributed by atoms with Gasteiger partial charge in [-0.05, 0) is 77.1 Å². The monoisotopic (exact) mass is 734 g/mol. The molecule has 2 N–H and O–H groups in total. The number of nitrogens with zero attached hydrogens (tertiary/aromatic N) is 5. The van der Waals surface area contributed by atoms with Crippen LogP contribution in [0.2, 0.25) is 5.02 Å². The van der Waals surface area contributed by atoms with E-state index in [-0.39, 0.29) is 51.7 Å². The average Bonchev–Trinajstić information content (AvgIpc) is 3.40. The van der Waals surface area contributed by atoms with Crippen LogP contribution in [-0.2, 0) is 35.5 Å². The van der Waals surface area contributed by atoms with E-state index < -0.39 is 33.3 Å². The fourth-order valence-electron chi connectivity index (χ4n) is 6.16. The summed E-state index contributed by atoms with van der Waals surface area (Å²) in [6.45, 7) is 6.06. The largest absolute Gasteiger partial charge is 0.497 e. The first-order valence-corrected chi connectivity index (χ1v) is 18.2. The van der Waals surface area contributed by atoms with E-state index >= 15 is 0 Å².